The van der Waals surface area contributed by atoms with Gasteiger partial charge in [-0.1, -0.05) is 121 Å². The van der Waals surface area contributed by atoms with Gasteiger partial charge in [0.15, 0.2) is 6.29 Å². The van der Waals surface area contributed by atoms with Crippen LogP contribution in [-0.2, 0) is 13.8 Å². The molecule has 4 aromatic rings. The van der Waals surface area contributed by atoms with Gasteiger partial charge in [0.1, 0.15) is 24.4 Å². The number of hydrogen-bond acceptors (Lipinski definition) is 6. The minimum Gasteiger partial charge on any atom is -0.394 e. The van der Waals surface area contributed by atoms with Gasteiger partial charge in [-0.15, -0.1) is 0 Å². The zero-order valence-corrected chi connectivity index (χ0v) is 22.4. The lowest BCUT2D eigenvalue weighted by Crippen LogP contribution is -2.60. The molecule has 0 bridgehead atoms. The Balaban J connectivity index is 1.53. The van der Waals surface area contributed by atoms with Crippen LogP contribution >= 0.6 is 16.3 Å². The van der Waals surface area contributed by atoms with Crippen LogP contribution in [0.1, 0.15) is 0 Å². The fourth-order valence-corrected chi connectivity index (χ4v) is 8.14. The number of ether oxygens (including phenoxy) is 1. The highest BCUT2D eigenvalue weighted by atomic mass is 31.1. The first-order chi connectivity index (χ1) is 18.7. The fraction of sp³-hybridized carbons (Fsp3) is 0.200. The summed E-state index contributed by atoms with van der Waals surface area (Å²) >= 11 is 0. The van der Waals surface area contributed by atoms with Crippen LogP contribution in [0.5, 0.6) is 0 Å². The summed E-state index contributed by atoms with van der Waals surface area (Å²) in [6, 6.07) is 39.2. The van der Waals surface area contributed by atoms with Gasteiger partial charge in [-0.25, -0.2) is 0 Å². The van der Waals surface area contributed by atoms with E-state index in [-0.39, 0.29) is 0 Å². The molecule has 38 heavy (non-hydrogen) atoms. The van der Waals surface area contributed by atoms with Gasteiger partial charge in [0.2, 0.25) is 0 Å². The van der Waals surface area contributed by atoms with E-state index in [0.717, 1.165) is 21.2 Å². The first-order valence-electron chi connectivity index (χ1n) is 12.4. The second-order valence-corrected chi connectivity index (χ2v) is 12.5. The molecule has 0 amide bonds. The maximum absolute atomic E-state index is 11.3. The summed E-state index contributed by atoms with van der Waals surface area (Å²) in [6.45, 7) is -0.467. The van der Waals surface area contributed by atoms with Crippen LogP contribution in [0.2, 0.25) is 0 Å². The van der Waals surface area contributed by atoms with Crippen molar-refractivity contribution in [2.75, 3.05) is 6.61 Å². The van der Waals surface area contributed by atoms with Crippen LogP contribution in [0, 0.1) is 0 Å². The van der Waals surface area contributed by atoms with E-state index >= 15 is 0 Å². The average Bonchev–Trinajstić information content (AvgIpc) is 2.98. The SMILES string of the molecule is OC[C@H]1O[C@@H](O)[C@H](OP(c2ccccc2)c2ccccc2)[C@@H](OP(c2ccccc2)c2ccccc2)[C@@H]1O. The molecule has 0 unspecified atom stereocenters. The lowest BCUT2D eigenvalue weighted by molar-refractivity contribution is -0.273. The monoisotopic (exact) mass is 548 g/mol. The molecule has 6 nitrogen and oxygen atoms in total. The molecule has 0 aliphatic carbocycles. The van der Waals surface area contributed by atoms with Crippen molar-refractivity contribution >= 4 is 37.5 Å². The molecule has 1 heterocycles. The first-order valence-corrected chi connectivity index (χ1v) is 14.9. The third kappa shape index (κ3) is 6.21. The quantitative estimate of drug-likeness (QED) is 0.279. The van der Waals surface area contributed by atoms with E-state index in [0.29, 0.717) is 0 Å². The highest BCUT2D eigenvalue weighted by molar-refractivity contribution is 7.69. The maximum Gasteiger partial charge on any atom is 0.184 e. The molecule has 5 rings (SSSR count). The Morgan fingerprint density at radius 1 is 0.553 bits per heavy atom. The largest absolute Gasteiger partial charge is 0.394 e. The summed E-state index contributed by atoms with van der Waals surface area (Å²) in [6.07, 6.45) is -5.65. The third-order valence-corrected chi connectivity index (χ3v) is 10.2. The molecule has 1 saturated heterocycles. The summed E-state index contributed by atoms with van der Waals surface area (Å²) in [7, 11) is -2.77. The Labute approximate surface area is 225 Å². The van der Waals surface area contributed by atoms with Gasteiger partial charge in [-0.3, -0.25) is 0 Å². The topological polar surface area (TPSA) is 88.4 Å². The van der Waals surface area contributed by atoms with Crippen LogP contribution in [-0.4, -0.2) is 52.6 Å². The molecular weight excluding hydrogens is 518 g/mol. The molecule has 0 saturated carbocycles. The Kier molecular flexibility index (Phi) is 9.29. The van der Waals surface area contributed by atoms with E-state index in [2.05, 4.69) is 0 Å². The predicted molar refractivity (Wildman–Crippen MR) is 152 cm³/mol. The Bertz CT molecular complexity index is 1170. The molecule has 4 aromatic carbocycles. The molecule has 196 valence electrons. The highest BCUT2D eigenvalue weighted by Gasteiger charge is 2.48. The van der Waals surface area contributed by atoms with Gasteiger partial charge in [0.05, 0.1) is 22.9 Å². The van der Waals surface area contributed by atoms with E-state index in [1.165, 1.54) is 0 Å². The molecule has 8 heteroatoms. The molecular formula is C30H30O6P2. The van der Waals surface area contributed by atoms with Crippen molar-refractivity contribution < 1.29 is 29.1 Å². The molecule has 5 atom stereocenters. The predicted octanol–water partition coefficient (Wildman–Crippen LogP) is 2.92. The minimum absolute atomic E-state index is 0.467. The maximum atomic E-state index is 11.3. The highest BCUT2D eigenvalue weighted by Crippen LogP contribution is 2.45. The van der Waals surface area contributed by atoms with E-state index in [9.17, 15) is 15.3 Å². The number of aliphatic hydroxyl groups excluding tert-OH is 3. The van der Waals surface area contributed by atoms with Gasteiger partial charge >= 0.3 is 0 Å². The normalized spacial score (nSPS) is 23.6. The van der Waals surface area contributed by atoms with E-state index < -0.39 is 53.6 Å². The van der Waals surface area contributed by atoms with Crippen molar-refractivity contribution in [2.45, 2.75) is 30.7 Å². The average molecular weight is 549 g/mol. The smallest absolute Gasteiger partial charge is 0.184 e. The van der Waals surface area contributed by atoms with Gasteiger partial charge in [0, 0.05) is 21.2 Å². The summed E-state index contributed by atoms with van der Waals surface area (Å²) in [4.78, 5) is 0. The first kappa shape index (κ1) is 27.1. The molecule has 1 fully saturated rings. The number of rotatable bonds is 9. The van der Waals surface area contributed by atoms with E-state index in [4.69, 9.17) is 13.8 Å². The molecule has 0 spiro atoms. The van der Waals surface area contributed by atoms with E-state index in [1.54, 1.807) is 0 Å². The summed E-state index contributed by atoms with van der Waals surface area (Å²) in [5, 5.41) is 36.2. The zero-order valence-electron chi connectivity index (χ0n) is 20.6. The van der Waals surface area contributed by atoms with Crippen molar-refractivity contribution in [3.63, 3.8) is 0 Å². The zero-order chi connectivity index (χ0) is 26.3. The van der Waals surface area contributed by atoms with Gasteiger partial charge in [-0.05, 0) is 0 Å². The van der Waals surface area contributed by atoms with Crippen molar-refractivity contribution in [3.05, 3.63) is 121 Å². The Morgan fingerprint density at radius 3 is 1.24 bits per heavy atom. The van der Waals surface area contributed by atoms with E-state index in [1.807, 2.05) is 121 Å². The number of hydrogen-bond donors (Lipinski definition) is 3. The van der Waals surface area contributed by atoms with Crippen LogP contribution in [0.3, 0.4) is 0 Å². The molecule has 0 aromatic heterocycles. The van der Waals surface area contributed by atoms with Crippen molar-refractivity contribution in [2.24, 2.45) is 0 Å². The van der Waals surface area contributed by atoms with Crippen LogP contribution < -0.4 is 21.2 Å². The van der Waals surface area contributed by atoms with Crippen molar-refractivity contribution in [1.82, 2.24) is 0 Å². The van der Waals surface area contributed by atoms with Crippen LogP contribution in [0.15, 0.2) is 121 Å². The standard InChI is InChI=1S/C30H30O6P2/c31-21-26-27(32)28(35-37(22-13-5-1-6-14-22)23-15-7-2-8-16-23)29(30(33)34-26)36-38(24-17-9-3-10-18-24)25-19-11-4-12-20-25/h1-20,26-33H,21H2/t26-,27-,28+,29-,30-/m1/s1. The van der Waals surface area contributed by atoms with Crippen LogP contribution in [0.4, 0.5) is 0 Å². The lowest BCUT2D eigenvalue weighted by Gasteiger charge is -2.44. The molecule has 0 radical (unpaired) electrons. The van der Waals surface area contributed by atoms with Crippen molar-refractivity contribution in [3.8, 4) is 0 Å². The van der Waals surface area contributed by atoms with Gasteiger partial charge in [-0.2, -0.15) is 0 Å². The second-order valence-electron chi connectivity index (χ2n) is 8.81. The summed E-state index contributed by atoms with van der Waals surface area (Å²) in [5.74, 6) is 0. The Hall–Kier alpha value is -2.50. The minimum atomic E-state index is -1.42. The molecule has 1 aliphatic rings. The van der Waals surface area contributed by atoms with Gasteiger partial charge < -0.3 is 29.1 Å². The Morgan fingerprint density at radius 2 is 0.895 bits per heavy atom. The van der Waals surface area contributed by atoms with Crippen molar-refractivity contribution in [1.29, 1.82) is 0 Å². The summed E-state index contributed by atoms with van der Waals surface area (Å²) < 4.78 is 19.0. The molecule has 3 N–H and O–H groups in total. The fourth-order valence-electron chi connectivity index (χ4n) is 4.33. The second kappa shape index (κ2) is 13.0. The molecule has 1 aliphatic heterocycles. The number of aliphatic hydroxyl groups is 3. The number of benzene rings is 4. The lowest BCUT2D eigenvalue weighted by atomic mass is 9.99. The summed E-state index contributed by atoms with van der Waals surface area (Å²) in [5.41, 5.74) is 0. The third-order valence-electron chi connectivity index (χ3n) is 6.23. The van der Waals surface area contributed by atoms with Crippen LogP contribution in [0.25, 0.3) is 0 Å². The van der Waals surface area contributed by atoms with Gasteiger partial charge in [0.25, 0.3) is 0 Å².